The third-order valence-electron chi connectivity index (χ3n) is 5.59. The Balaban J connectivity index is 1.50. The van der Waals surface area contributed by atoms with Gasteiger partial charge >= 0.3 is 0 Å². The summed E-state index contributed by atoms with van der Waals surface area (Å²) in [6.45, 7) is 4.34. The van der Waals surface area contributed by atoms with Crippen LogP contribution < -0.4 is 15.4 Å². The molecule has 4 aromatic rings. The molecule has 36 heavy (non-hydrogen) atoms. The minimum atomic E-state index is -0.402. The predicted octanol–water partition coefficient (Wildman–Crippen LogP) is 5.34. The molecule has 0 fully saturated rings. The van der Waals surface area contributed by atoms with Crippen LogP contribution in [-0.4, -0.2) is 31.4 Å². The molecular weight excluding hydrogens is 503 g/mol. The number of ether oxygens (including phenoxy) is 1. The van der Waals surface area contributed by atoms with Gasteiger partial charge < -0.3 is 15.4 Å². The molecule has 2 aromatic carbocycles. The topological polar surface area (TPSA) is 103 Å². The van der Waals surface area contributed by atoms with E-state index in [2.05, 4.69) is 20.8 Å². The first-order chi connectivity index (χ1) is 17.3. The van der Waals surface area contributed by atoms with Crippen molar-refractivity contribution in [2.24, 2.45) is 7.05 Å². The summed E-state index contributed by atoms with van der Waals surface area (Å²) >= 11 is 12.2. The van der Waals surface area contributed by atoms with E-state index >= 15 is 0 Å². The molecule has 0 unspecified atom stereocenters. The Morgan fingerprint density at radius 1 is 1.00 bits per heavy atom. The lowest BCUT2D eigenvalue weighted by Gasteiger charge is -2.11. The summed E-state index contributed by atoms with van der Waals surface area (Å²) in [5.41, 5.74) is 3.07. The Bertz CT molecular complexity index is 1430. The summed E-state index contributed by atoms with van der Waals surface area (Å²) in [4.78, 5) is 26.1. The van der Waals surface area contributed by atoms with Crippen LogP contribution >= 0.6 is 23.2 Å². The van der Waals surface area contributed by atoms with Crippen LogP contribution in [0.2, 0.25) is 10.0 Å². The fourth-order valence-electron chi connectivity index (χ4n) is 3.51. The zero-order valence-electron chi connectivity index (χ0n) is 19.9. The number of nitrogens with one attached hydrogen (secondary N) is 2. The van der Waals surface area contributed by atoms with Gasteiger partial charge in [-0.1, -0.05) is 41.4 Å². The van der Waals surface area contributed by atoms with Crippen LogP contribution in [0.4, 0.5) is 11.4 Å². The lowest BCUT2D eigenvalue weighted by Crippen LogP contribution is -2.21. The molecule has 0 aliphatic rings. The van der Waals surface area contributed by atoms with E-state index in [1.165, 1.54) is 10.9 Å². The van der Waals surface area contributed by atoms with Crippen molar-refractivity contribution in [1.29, 1.82) is 0 Å². The zero-order valence-corrected chi connectivity index (χ0v) is 21.4. The second-order valence-corrected chi connectivity index (χ2v) is 8.72. The molecule has 0 saturated carbocycles. The van der Waals surface area contributed by atoms with Crippen LogP contribution in [0, 0.1) is 6.92 Å². The second kappa shape index (κ2) is 10.8. The summed E-state index contributed by atoms with van der Waals surface area (Å²) in [5, 5.41) is 14.8. The van der Waals surface area contributed by atoms with Gasteiger partial charge in [0.25, 0.3) is 11.8 Å². The summed E-state index contributed by atoms with van der Waals surface area (Å²) in [6.07, 6.45) is 3.03. The molecule has 2 amide bonds. The summed E-state index contributed by atoms with van der Waals surface area (Å²) in [5.74, 6) is -0.341. The minimum Gasteiger partial charge on any atom is -0.487 e. The van der Waals surface area contributed by atoms with Gasteiger partial charge in [0.1, 0.15) is 23.1 Å². The molecule has 9 nitrogen and oxygen atoms in total. The number of hydrogen-bond acceptors (Lipinski definition) is 5. The van der Waals surface area contributed by atoms with Crippen molar-refractivity contribution in [2.75, 3.05) is 10.6 Å². The van der Waals surface area contributed by atoms with E-state index in [1.54, 1.807) is 54.3 Å². The van der Waals surface area contributed by atoms with Gasteiger partial charge in [-0.3, -0.25) is 19.0 Å². The monoisotopic (exact) mass is 526 g/mol. The van der Waals surface area contributed by atoms with Crippen LogP contribution in [0.1, 0.15) is 39.0 Å². The Morgan fingerprint density at radius 2 is 1.72 bits per heavy atom. The van der Waals surface area contributed by atoms with Gasteiger partial charge in [-0.25, -0.2) is 0 Å². The van der Waals surface area contributed by atoms with Crippen LogP contribution in [0.5, 0.6) is 5.75 Å². The second-order valence-electron chi connectivity index (χ2n) is 7.94. The van der Waals surface area contributed by atoms with Gasteiger partial charge in [0, 0.05) is 19.2 Å². The summed E-state index contributed by atoms with van der Waals surface area (Å²) < 4.78 is 8.95. The smallest absolute Gasteiger partial charge is 0.276 e. The van der Waals surface area contributed by atoms with Crippen molar-refractivity contribution in [3.8, 4) is 5.75 Å². The number of anilines is 2. The first kappa shape index (κ1) is 25.3. The fraction of sp³-hybridized carbons (Fsp3) is 0.200. The molecule has 11 heteroatoms. The minimum absolute atomic E-state index is 0.188. The molecule has 4 rings (SSSR count). The van der Waals surface area contributed by atoms with Crippen LogP contribution in [0.25, 0.3) is 0 Å². The molecule has 2 aromatic heterocycles. The number of carbonyl (C=O) groups is 2. The van der Waals surface area contributed by atoms with E-state index < -0.39 is 5.91 Å². The van der Waals surface area contributed by atoms with Crippen molar-refractivity contribution in [1.82, 2.24) is 19.6 Å². The summed E-state index contributed by atoms with van der Waals surface area (Å²) in [7, 11) is 1.79. The van der Waals surface area contributed by atoms with Gasteiger partial charge in [0.05, 0.1) is 34.5 Å². The molecule has 0 atom stereocenters. The number of carbonyl (C=O) groups excluding carboxylic acids is 2. The maximum absolute atomic E-state index is 13.1. The normalized spacial score (nSPS) is 10.8. The Kier molecular flexibility index (Phi) is 7.61. The molecule has 2 N–H and O–H groups in total. The number of aryl methyl sites for hydroxylation is 2. The highest BCUT2D eigenvalue weighted by Crippen LogP contribution is 2.32. The lowest BCUT2D eigenvalue weighted by molar-refractivity contribution is 0.101. The van der Waals surface area contributed by atoms with Crippen molar-refractivity contribution in [2.45, 2.75) is 27.0 Å². The van der Waals surface area contributed by atoms with E-state index in [9.17, 15) is 9.59 Å². The number of rotatable bonds is 8. The van der Waals surface area contributed by atoms with Crippen LogP contribution in [0.3, 0.4) is 0 Å². The number of nitrogens with zero attached hydrogens (tertiary/aromatic N) is 4. The van der Waals surface area contributed by atoms with E-state index in [4.69, 9.17) is 27.9 Å². The van der Waals surface area contributed by atoms with Gasteiger partial charge in [-0.15, -0.1) is 0 Å². The highest BCUT2D eigenvalue weighted by molar-refractivity contribution is 6.42. The maximum atomic E-state index is 13.1. The summed E-state index contributed by atoms with van der Waals surface area (Å²) in [6, 6.07) is 12.1. The molecular formula is C25H24Cl2N6O3. The average molecular weight is 527 g/mol. The van der Waals surface area contributed by atoms with E-state index in [0.717, 1.165) is 11.3 Å². The third kappa shape index (κ3) is 5.37. The van der Waals surface area contributed by atoms with Crippen molar-refractivity contribution >= 4 is 46.4 Å². The fourth-order valence-corrected chi connectivity index (χ4v) is 3.86. The molecule has 0 aliphatic heterocycles. The van der Waals surface area contributed by atoms with E-state index in [0.29, 0.717) is 39.3 Å². The largest absolute Gasteiger partial charge is 0.487 e. The first-order valence-electron chi connectivity index (χ1n) is 11.1. The van der Waals surface area contributed by atoms with Gasteiger partial charge in [-0.2, -0.15) is 10.2 Å². The first-order valence-corrected chi connectivity index (χ1v) is 11.9. The van der Waals surface area contributed by atoms with Gasteiger partial charge in [0.2, 0.25) is 0 Å². The zero-order chi connectivity index (χ0) is 25.8. The molecule has 0 saturated heterocycles. The number of benzene rings is 2. The van der Waals surface area contributed by atoms with Crippen LogP contribution in [0.15, 0.2) is 54.9 Å². The molecule has 2 heterocycles. The van der Waals surface area contributed by atoms with E-state index in [1.807, 2.05) is 19.9 Å². The maximum Gasteiger partial charge on any atom is 0.276 e. The van der Waals surface area contributed by atoms with Gasteiger partial charge in [0.15, 0.2) is 0 Å². The predicted molar refractivity (Wildman–Crippen MR) is 139 cm³/mol. The molecule has 186 valence electrons. The Morgan fingerprint density at radius 3 is 2.44 bits per heavy atom. The quantitative estimate of drug-likeness (QED) is 0.322. The number of hydrogen-bond donors (Lipinski definition) is 2. The van der Waals surface area contributed by atoms with Crippen molar-refractivity contribution < 1.29 is 14.3 Å². The Labute approximate surface area is 218 Å². The van der Waals surface area contributed by atoms with Crippen molar-refractivity contribution in [3.05, 3.63) is 87.4 Å². The third-order valence-corrected chi connectivity index (χ3v) is 6.39. The SMILES string of the molecule is CCn1ncc(NC(=O)c2cccc(COc3cccc(Cl)c3Cl)c2)c1C(=O)Nc1cnn(C)c1C. The number of amides is 2. The molecule has 0 aliphatic carbocycles. The molecule has 0 spiro atoms. The van der Waals surface area contributed by atoms with Crippen molar-refractivity contribution in [3.63, 3.8) is 0 Å². The average Bonchev–Trinajstić information content (AvgIpc) is 3.42. The Hall–Kier alpha value is -3.82. The molecule has 0 bridgehead atoms. The van der Waals surface area contributed by atoms with E-state index in [-0.39, 0.29) is 18.2 Å². The lowest BCUT2D eigenvalue weighted by atomic mass is 10.1. The van der Waals surface area contributed by atoms with Crippen LogP contribution in [-0.2, 0) is 20.2 Å². The number of aromatic nitrogens is 4. The molecule has 0 radical (unpaired) electrons. The number of halogens is 2. The van der Waals surface area contributed by atoms with Gasteiger partial charge in [-0.05, 0) is 43.7 Å². The highest BCUT2D eigenvalue weighted by Gasteiger charge is 2.21. The standard InChI is InChI=1S/C25H24Cl2N6O3/c1-4-33-23(25(35)30-19-12-28-32(3)15(19)2)20(13-29-33)31-24(34)17-8-5-7-16(11-17)14-36-21-10-6-9-18(26)22(21)27/h5-13H,4,14H2,1-3H3,(H,30,35)(H,31,34). The highest BCUT2D eigenvalue weighted by atomic mass is 35.5.